The van der Waals surface area contributed by atoms with E-state index in [-0.39, 0.29) is 5.92 Å². The predicted octanol–water partition coefficient (Wildman–Crippen LogP) is 6.74. The molecule has 0 aromatic rings. The van der Waals surface area contributed by atoms with E-state index in [4.69, 9.17) is 18.9 Å². The largest absolute Gasteiger partial charge is 0.382 e. The van der Waals surface area contributed by atoms with E-state index < -0.39 is 5.97 Å². The van der Waals surface area contributed by atoms with Crippen LogP contribution in [0.2, 0.25) is 0 Å². The minimum absolute atomic E-state index is 0.204. The molecule has 4 heteroatoms. The van der Waals surface area contributed by atoms with E-state index in [1.807, 2.05) is 34.6 Å². The Hall–Kier alpha value is -0.420. The summed E-state index contributed by atoms with van der Waals surface area (Å²) >= 11 is 0. The molecular weight excluding hydrogens is 340 g/mol. The number of hydrogen-bond donors (Lipinski definition) is 0. The average molecular weight is 389 g/mol. The average Bonchev–Trinajstić information content (AvgIpc) is 2.64. The standard InChI is InChI=1S/C20H42O4.C3H6/c1-6-11-12-13-14-15-16-19(17-18-21-7-2)20(22-8-3,23-9-4)24-10-5;1-3-2/h19H,6-18H2,1-5H3;3H,1H2,2H3. The minimum atomic E-state index is -0.918. The van der Waals surface area contributed by atoms with Crippen molar-refractivity contribution in [2.24, 2.45) is 5.92 Å². The molecule has 4 nitrogen and oxygen atoms in total. The summed E-state index contributed by atoms with van der Waals surface area (Å²) in [5.41, 5.74) is 0. The van der Waals surface area contributed by atoms with Gasteiger partial charge in [0.25, 0.3) is 5.97 Å². The number of rotatable bonds is 18. The van der Waals surface area contributed by atoms with Crippen molar-refractivity contribution < 1.29 is 18.9 Å². The van der Waals surface area contributed by atoms with E-state index in [1.165, 1.54) is 38.5 Å². The lowest BCUT2D eigenvalue weighted by molar-refractivity contribution is -0.403. The fourth-order valence-electron chi connectivity index (χ4n) is 3.12. The van der Waals surface area contributed by atoms with Crippen molar-refractivity contribution in [2.75, 3.05) is 33.0 Å². The van der Waals surface area contributed by atoms with Gasteiger partial charge in [0.2, 0.25) is 0 Å². The monoisotopic (exact) mass is 388 g/mol. The van der Waals surface area contributed by atoms with Crippen molar-refractivity contribution in [1.82, 2.24) is 0 Å². The summed E-state index contributed by atoms with van der Waals surface area (Å²) in [6.45, 7) is 18.8. The van der Waals surface area contributed by atoms with Crippen LogP contribution in [0, 0.1) is 5.92 Å². The first kappa shape index (κ1) is 28.8. The van der Waals surface area contributed by atoms with E-state index in [2.05, 4.69) is 13.5 Å². The van der Waals surface area contributed by atoms with Gasteiger partial charge in [-0.25, -0.2) is 0 Å². The molecule has 0 saturated heterocycles. The highest BCUT2D eigenvalue weighted by molar-refractivity contribution is 4.73. The van der Waals surface area contributed by atoms with Crippen molar-refractivity contribution in [1.29, 1.82) is 0 Å². The van der Waals surface area contributed by atoms with Crippen LogP contribution in [-0.2, 0) is 18.9 Å². The lowest BCUT2D eigenvalue weighted by atomic mass is 9.94. The lowest BCUT2D eigenvalue weighted by Crippen LogP contribution is -2.47. The number of hydrogen-bond acceptors (Lipinski definition) is 4. The Bertz CT molecular complexity index is 277. The lowest BCUT2D eigenvalue weighted by Gasteiger charge is -2.39. The van der Waals surface area contributed by atoms with Gasteiger partial charge in [-0.05, 0) is 47.5 Å². The quantitative estimate of drug-likeness (QED) is 0.148. The molecule has 0 aromatic carbocycles. The van der Waals surface area contributed by atoms with Crippen molar-refractivity contribution >= 4 is 0 Å². The highest BCUT2D eigenvalue weighted by Gasteiger charge is 2.41. The zero-order valence-electron chi connectivity index (χ0n) is 19.2. The van der Waals surface area contributed by atoms with Crippen LogP contribution in [0.1, 0.15) is 92.9 Å². The van der Waals surface area contributed by atoms with Crippen molar-refractivity contribution in [3.63, 3.8) is 0 Å². The smallest absolute Gasteiger partial charge is 0.285 e. The molecule has 164 valence electrons. The Kier molecular flexibility index (Phi) is 23.3. The highest BCUT2D eigenvalue weighted by Crippen LogP contribution is 2.33. The van der Waals surface area contributed by atoms with Crippen LogP contribution in [0.5, 0.6) is 0 Å². The van der Waals surface area contributed by atoms with Crippen molar-refractivity contribution in [3.05, 3.63) is 12.7 Å². The molecule has 0 saturated carbocycles. The molecule has 0 amide bonds. The molecule has 0 N–H and O–H groups in total. The number of ether oxygens (including phenoxy) is 4. The molecule has 0 aliphatic heterocycles. The molecule has 0 aromatic heterocycles. The summed E-state index contributed by atoms with van der Waals surface area (Å²) in [5.74, 6) is -0.714. The molecular formula is C23H48O4. The summed E-state index contributed by atoms with van der Waals surface area (Å²) < 4.78 is 23.6. The van der Waals surface area contributed by atoms with Crippen LogP contribution < -0.4 is 0 Å². The van der Waals surface area contributed by atoms with Gasteiger partial charge >= 0.3 is 0 Å². The SMILES string of the molecule is C=CC.CCCCCCCCC(CCOCC)C(OCC)(OCC)OCC. The molecule has 0 rings (SSSR count). The third kappa shape index (κ3) is 15.2. The van der Waals surface area contributed by atoms with Gasteiger partial charge in [-0.1, -0.05) is 51.5 Å². The van der Waals surface area contributed by atoms with Gasteiger partial charge in [-0.3, -0.25) is 0 Å². The van der Waals surface area contributed by atoms with Crippen LogP contribution in [0.3, 0.4) is 0 Å². The summed E-state index contributed by atoms with van der Waals surface area (Å²) in [7, 11) is 0. The van der Waals surface area contributed by atoms with E-state index in [1.54, 1.807) is 6.08 Å². The minimum Gasteiger partial charge on any atom is -0.382 e. The topological polar surface area (TPSA) is 36.9 Å². The predicted molar refractivity (Wildman–Crippen MR) is 116 cm³/mol. The maximum Gasteiger partial charge on any atom is 0.285 e. The molecule has 0 spiro atoms. The third-order valence-electron chi connectivity index (χ3n) is 4.26. The zero-order valence-corrected chi connectivity index (χ0v) is 19.2. The number of allylic oxidation sites excluding steroid dienone is 1. The second-order valence-corrected chi connectivity index (χ2v) is 6.55. The van der Waals surface area contributed by atoms with Crippen LogP contribution in [0.25, 0.3) is 0 Å². The van der Waals surface area contributed by atoms with Gasteiger partial charge < -0.3 is 18.9 Å². The van der Waals surface area contributed by atoms with Crippen molar-refractivity contribution in [2.45, 2.75) is 98.9 Å². The first-order valence-corrected chi connectivity index (χ1v) is 11.2. The number of unbranched alkanes of at least 4 members (excludes halogenated alkanes) is 5. The normalized spacial score (nSPS) is 12.4. The Morgan fingerprint density at radius 2 is 1.22 bits per heavy atom. The van der Waals surface area contributed by atoms with Gasteiger partial charge in [0, 0.05) is 39.0 Å². The van der Waals surface area contributed by atoms with Gasteiger partial charge in [-0.15, -0.1) is 6.58 Å². The molecule has 1 atom stereocenters. The second kappa shape index (κ2) is 21.9. The summed E-state index contributed by atoms with van der Waals surface area (Å²) in [4.78, 5) is 0. The highest BCUT2D eigenvalue weighted by atomic mass is 16.9. The summed E-state index contributed by atoms with van der Waals surface area (Å²) in [6, 6.07) is 0. The molecule has 0 heterocycles. The fraction of sp³-hybridized carbons (Fsp3) is 0.913. The Labute approximate surface area is 170 Å². The van der Waals surface area contributed by atoms with Crippen LogP contribution in [0.15, 0.2) is 12.7 Å². The maximum atomic E-state index is 6.00. The first-order valence-electron chi connectivity index (χ1n) is 11.2. The van der Waals surface area contributed by atoms with Crippen LogP contribution in [-0.4, -0.2) is 39.0 Å². The van der Waals surface area contributed by atoms with E-state index in [9.17, 15) is 0 Å². The molecule has 0 bridgehead atoms. The third-order valence-corrected chi connectivity index (χ3v) is 4.26. The Morgan fingerprint density at radius 1 is 0.741 bits per heavy atom. The molecule has 0 aliphatic carbocycles. The van der Waals surface area contributed by atoms with E-state index >= 15 is 0 Å². The summed E-state index contributed by atoms with van der Waals surface area (Å²) in [6.07, 6.45) is 11.5. The molecule has 0 radical (unpaired) electrons. The first-order chi connectivity index (χ1) is 13.1. The van der Waals surface area contributed by atoms with Gasteiger partial charge in [0.15, 0.2) is 0 Å². The fourth-order valence-corrected chi connectivity index (χ4v) is 3.12. The Balaban J connectivity index is 0. The van der Waals surface area contributed by atoms with Gasteiger partial charge in [0.1, 0.15) is 0 Å². The molecule has 0 aliphatic rings. The van der Waals surface area contributed by atoms with E-state index in [0.717, 1.165) is 26.1 Å². The van der Waals surface area contributed by atoms with Gasteiger partial charge in [0.05, 0.1) is 0 Å². The van der Waals surface area contributed by atoms with Crippen LogP contribution >= 0.6 is 0 Å². The van der Waals surface area contributed by atoms with Gasteiger partial charge in [-0.2, -0.15) is 0 Å². The van der Waals surface area contributed by atoms with Crippen molar-refractivity contribution in [3.8, 4) is 0 Å². The maximum absolute atomic E-state index is 6.00. The van der Waals surface area contributed by atoms with Crippen LogP contribution in [0.4, 0.5) is 0 Å². The second-order valence-electron chi connectivity index (χ2n) is 6.55. The molecule has 0 fully saturated rings. The molecule has 1 unspecified atom stereocenters. The molecule has 27 heavy (non-hydrogen) atoms. The zero-order chi connectivity index (χ0) is 20.8. The van der Waals surface area contributed by atoms with E-state index in [0.29, 0.717) is 19.8 Å². The summed E-state index contributed by atoms with van der Waals surface area (Å²) in [5, 5.41) is 0. The Morgan fingerprint density at radius 3 is 1.67 bits per heavy atom.